The first-order valence-corrected chi connectivity index (χ1v) is 6.37. The average molecular weight is 265 g/mol. The van der Waals surface area contributed by atoms with E-state index in [2.05, 4.69) is 4.90 Å². The van der Waals surface area contributed by atoms with E-state index in [1.165, 1.54) is 0 Å². The predicted octanol–water partition coefficient (Wildman–Crippen LogP) is -0.788. The van der Waals surface area contributed by atoms with Crippen LogP contribution in [-0.2, 0) is 16.0 Å². The normalized spacial score (nSPS) is 23.8. The Morgan fingerprint density at radius 3 is 2.26 bits per heavy atom. The van der Waals surface area contributed by atoms with Crippen molar-refractivity contribution in [1.29, 1.82) is 0 Å². The van der Waals surface area contributed by atoms with Gasteiger partial charge in [0.2, 0.25) is 0 Å². The summed E-state index contributed by atoms with van der Waals surface area (Å²) in [5.74, 6) is 0. The van der Waals surface area contributed by atoms with E-state index >= 15 is 0 Å². The third-order valence-corrected chi connectivity index (χ3v) is 3.62. The quantitative estimate of drug-likeness (QED) is 0.683. The highest BCUT2D eigenvalue weighted by molar-refractivity contribution is 6.59. The number of methoxy groups -OCH3 is 2. The maximum absolute atomic E-state index is 9.36. The van der Waals surface area contributed by atoms with E-state index in [9.17, 15) is 10.0 Å². The van der Waals surface area contributed by atoms with Crippen molar-refractivity contribution in [3.8, 4) is 0 Å². The molecular weight excluding hydrogens is 245 g/mol. The minimum atomic E-state index is -1.43. The van der Waals surface area contributed by atoms with Gasteiger partial charge < -0.3 is 19.5 Å². The van der Waals surface area contributed by atoms with Crippen LogP contribution in [0.3, 0.4) is 0 Å². The second-order valence-electron chi connectivity index (χ2n) is 4.81. The van der Waals surface area contributed by atoms with Gasteiger partial charge >= 0.3 is 7.12 Å². The van der Waals surface area contributed by atoms with Crippen molar-refractivity contribution in [3.63, 3.8) is 0 Å². The molecule has 1 aliphatic rings. The van der Waals surface area contributed by atoms with Gasteiger partial charge in [-0.3, -0.25) is 4.90 Å². The van der Waals surface area contributed by atoms with Gasteiger partial charge in [-0.1, -0.05) is 24.3 Å². The zero-order valence-corrected chi connectivity index (χ0v) is 11.3. The molecule has 1 aliphatic heterocycles. The van der Waals surface area contributed by atoms with Gasteiger partial charge in [0.25, 0.3) is 0 Å². The van der Waals surface area contributed by atoms with Gasteiger partial charge in [-0.15, -0.1) is 0 Å². The summed E-state index contributed by atoms with van der Waals surface area (Å²) in [5, 5.41) is 18.7. The number of nitrogens with zero attached hydrogens (tertiary/aromatic N) is 1. The molecule has 1 saturated heterocycles. The van der Waals surface area contributed by atoms with E-state index < -0.39 is 7.12 Å². The highest BCUT2D eigenvalue weighted by Gasteiger charge is 2.33. The lowest BCUT2D eigenvalue weighted by Crippen LogP contribution is -2.35. The van der Waals surface area contributed by atoms with E-state index in [0.29, 0.717) is 12.0 Å². The van der Waals surface area contributed by atoms with E-state index in [-0.39, 0.29) is 12.2 Å². The van der Waals surface area contributed by atoms with Gasteiger partial charge in [0.15, 0.2) is 0 Å². The van der Waals surface area contributed by atoms with Crippen molar-refractivity contribution in [1.82, 2.24) is 4.90 Å². The lowest BCUT2D eigenvalue weighted by atomic mass is 9.77. The molecule has 0 radical (unpaired) electrons. The summed E-state index contributed by atoms with van der Waals surface area (Å²) < 4.78 is 10.8. The third-order valence-electron chi connectivity index (χ3n) is 3.62. The van der Waals surface area contributed by atoms with Crippen LogP contribution in [0.5, 0.6) is 0 Å². The summed E-state index contributed by atoms with van der Waals surface area (Å²) in [4.78, 5) is 2.20. The topological polar surface area (TPSA) is 62.2 Å². The minimum Gasteiger partial charge on any atom is -0.423 e. The maximum atomic E-state index is 9.36. The van der Waals surface area contributed by atoms with Crippen LogP contribution in [0, 0.1) is 0 Å². The number of ether oxygens (including phenoxy) is 2. The number of likely N-dealkylation sites (tertiary alicyclic amines) is 1. The lowest BCUT2D eigenvalue weighted by molar-refractivity contribution is -0.00461. The molecule has 0 aromatic heterocycles. The van der Waals surface area contributed by atoms with Crippen molar-refractivity contribution in [2.24, 2.45) is 0 Å². The predicted molar refractivity (Wildman–Crippen MR) is 73.1 cm³/mol. The first kappa shape index (κ1) is 14.5. The molecule has 0 aliphatic carbocycles. The number of hydrogen-bond acceptors (Lipinski definition) is 5. The fourth-order valence-corrected chi connectivity index (χ4v) is 2.57. The molecule has 1 fully saturated rings. The van der Waals surface area contributed by atoms with Crippen LogP contribution in [0.15, 0.2) is 24.3 Å². The zero-order chi connectivity index (χ0) is 13.8. The molecule has 0 bridgehead atoms. The first-order chi connectivity index (χ1) is 9.15. The molecular formula is C13H20BNO4. The van der Waals surface area contributed by atoms with Crippen LogP contribution in [0.4, 0.5) is 0 Å². The number of benzene rings is 1. The van der Waals surface area contributed by atoms with Gasteiger partial charge in [-0.2, -0.15) is 0 Å². The molecule has 2 rings (SSSR count). The molecule has 6 heteroatoms. The maximum Gasteiger partial charge on any atom is 0.488 e. The Hall–Kier alpha value is -0.915. The fraction of sp³-hybridized carbons (Fsp3) is 0.538. The van der Waals surface area contributed by atoms with E-state index in [1.54, 1.807) is 26.4 Å². The second kappa shape index (κ2) is 6.50. The summed E-state index contributed by atoms with van der Waals surface area (Å²) in [6.07, 6.45) is 0.132. The zero-order valence-electron chi connectivity index (χ0n) is 11.3. The molecule has 5 nitrogen and oxygen atoms in total. The summed E-state index contributed by atoms with van der Waals surface area (Å²) in [6, 6.07) is 7.35. The van der Waals surface area contributed by atoms with Crippen molar-refractivity contribution in [2.45, 2.75) is 18.8 Å². The number of rotatable bonds is 5. The van der Waals surface area contributed by atoms with Gasteiger partial charge in [0, 0.05) is 33.9 Å². The molecule has 2 unspecified atom stereocenters. The SMILES string of the molecule is COC1CN(Cc2ccccc2B(O)O)CC1OC. The molecule has 1 aromatic rings. The Morgan fingerprint density at radius 1 is 1.16 bits per heavy atom. The smallest absolute Gasteiger partial charge is 0.423 e. The molecule has 2 atom stereocenters. The average Bonchev–Trinajstić information content (AvgIpc) is 2.81. The Balaban J connectivity index is 2.06. The van der Waals surface area contributed by atoms with Gasteiger partial charge in [0.1, 0.15) is 0 Å². The van der Waals surface area contributed by atoms with Crippen molar-refractivity contribution >= 4 is 12.6 Å². The Labute approximate surface area is 113 Å². The van der Waals surface area contributed by atoms with Crippen LogP contribution in [-0.4, -0.2) is 61.6 Å². The van der Waals surface area contributed by atoms with Crippen LogP contribution >= 0.6 is 0 Å². The lowest BCUT2D eigenvalue weighted by Gasteiger charge is -2.17. The molecule has 0 saturated carbocycles. The Bertz CT molecular complexity index is 403. The van der Waals surface area contributed by atoms with Crippen molar-refractivity contribution < 1.29 is 19.5 Å². The summed E-state index contributed by atoms with van der Waals surface area (Å²) >= 11 is 0. The van der Waals surface area contributed by atoms with Gasteiger partial charge in [-0.25, -0.2) is 0 Å². The highest BCUT2D eigenvalue weighted by Crippen LogP contribution is 2.17. The molecule has 1 heterocycles. The second-order valence-corrected chi connectivity index (χ2v) is 4.81. The van der Waals surface area contributed by atoms with Crippen LogP contribution in [0.25, 0.3) is 0 Å². The van der Waals surface area contributed by atoms with Gasteiger partial charge in [0.05, 0.1) is 12.2 Å². The Morgan fingerprint density at radius 2 is 1.74 bits per heavy atom. The summed E-state index contributed by atoms with van der Waals surface area (Å²) in [7, 11) is 1.94. The van der Waals surface area contributed by atoms with Crippen molar-refractivity contribution in [3.05, 3.63) is 29.8 Å². The monoisotopic (exact) mass is 265 g/mol. The van der Waals surface area contributed by atoms with Crippen molar-refractivity contribution in [2.75, 3.05) is 27.3 Å². The summed E-state index contributed by atoms with van der Waals surface area (Å²) in [5.41, 5.74) is 1.47. The fourth-order valence-electron chi connectivity index (χ4n) is 2.57. The molecule has 19 heavy (non-hydrogen) atoms. The van der Waals surface area contributed by atoms with E-state index in [1.807, 2.05) is 12.1 Å². The number of hydrogen-bond donors (Lipinski definition) is 2. The van der Waals surface area contributed by atoms with Crippen LogP contribution in [0.1, 0.15) is 5.56 Å². The molecule has 2 N–H and O–H groups in total. The highest BCUT2D eigenvalue weighted by atomic mass is 16.5. The van der Waals surface area contributed by atoms with E-state index in [0.717, 1.165) is 18.7 Å². The molecule has 0 spiro atoms. The largest absolute Gasteiger partial charge is 0.488 e. The molecule has 1 aromatic carbocycles. The molecule has 104 valence electrons. The third kappa shape index (κ3) is 3.35. The van der Waals surface area contributed by atoms with Crippen LogP contribution < -0.4 is 5.46 Å². The van der Waals surface area contributed by atoms with Crippen LogP contribution in [0.2, 0.25) is 0 Å². The molecule has 0 amide bonds. The standard InChI is InChI=1S/C13H20BNO4/c1-18-12-8-15(9-13(12)19-2)7-10-5-3-4-6-11(10)14(16)17/h3-6,12-13,16-17H,7-9H2,1-2H3. The minimum absolute atomic E-state index is 0.0659. The van der Waals surface area contributed by atoms with E-state index in [4.69, 9.17) is 9.47 Å². The first-order valence-electron chi connectivity index (χ1n) is 6.37. The summed E-state index contributed by atoms with van der Waals surface area (Å²) in [6.45, 7) is 2.23. The van der Waals surface area contributed by atoms with Gasteiger partial charge in [-0.05, 0) is 11.0 Å². The Kier molecular flexibility index (Phi) is 4.96.